The van der Waals surface area contributed by atoms with Crippen molar-refractivity contribution in [3.8, 4) is 0 Å². The molecule has 0 bridgehead atoms. The second kappa shape index (κ2) is 11.0. The molecule has 39 heavy (non-hydrogen) atoms. The first-order chi connectivity index (χ1) is 19.0. The lowest BCUT2D eigenvalue weighted by molar-refractivity contribution is 0.0599. The van der Waals surface area contributed by atoms with Crippen LogP contribution >= 0.6 is 0 Å². The van der Waals surface area contributed by atoms with Gasteiger partial charge in [0.05, 0.1) is 22.7 Å². The Morgan fingerprint density at radius 1 is 1.00 bits per heavy atom. The van der Waals surface area contributed by atoms with E-state index in [1.165, 1.54) is 11.6 Å². The van der Waals surface area contributed by atoms with Crippen LogP contribution in [0.15, 0.2) is 48.7 Å². The lowest BCUT2D eigenvalue weighted by Gasteiger charge is -2.32. The van der Waals surface area contributed by atoms with E-state index < -0.39 is 0 Å². The maximum Gasteiger partial charge on any atom is 0.251 e. The maximum absolute atomic E-state index is 14.0. The average molecular weight is 529 g/mol. The molecule has 0 unspecified atom stereocenters. The molecule has 0 spiro atoms. The van der Waals surface area contributed by atoms with Crippen LogP contribution in [0.2, 0.25) is 0 Å². The van der Waals surface area contributed by atoms with Crippen LogP contribution in [0.1, 0.15) is 91.9 Å². The van der Waals surface area contributed by atoms with Gasteiger partial charge in [0.25, 0.3) is 5.91 Å². The van der Waals surface area contributed by atoms with Gasteiger partial charge in [-0.2, -0.15) is 0 Å². The van der Waals surface area contributed by atoms with Gasteiger partial charge in [-0.05, 0) is 111 Å². The number of nitrogens with one attached hydrogen (secondary N) is 2. The Morgan fingerprint density at radius 2 is 1.77 bits per heavy atom. The number of pyridine rings is 1. The number of halogens is 1. The highest BCUT2D eigenvalue weighted by molar-refractivity contribution is 5.97. The van der Waals surface area contributed by atoms with Crippen molar-refractivity contribution in [1.82, 2.24) is 20.3 Å². The highest BCUT2D eigenvalue weighted by Crippen LogP contribution is 2.43. The van der Waals surface area contributed by atoms with Gasteiger partial charge in [0, 0.05) is 36.2 Å². The lowest BCUT2D eigenvalue weighted by atomic mass is 9.73. The number of rotatable bonds is 6. The van der Waals surface area contributed by atoms with Gasteiger partial charge in [-0.25, -0.2) is 9.37 Å². The summed E-state index contributed by atoms with van der Waals surface area (Å²) in [5.74, 6) is 1.99. The second-order valence-corrected chi connectivity index (χ2v) is 11.5. The summed E-state index contributed by atoms with van der Waals surface area (Å²) in [6.07, 6.45) is 10.4. The molecule has 1 amide bonds. The first-order valence-electron chi connectivity index (χ1n) is 14.4. The van der Waals surface area contributed by atoms with Crippen molar-refractivity contribution in [3.05, 3.63) is 71.4 Å². The number of H-pyrrole nitrogens is 1. The third kappa shape index (κ3) is 5.42. The molecule has 6 rings (SSSR count). The van der Waals surface area contributed by atoms with Crippen molar-refractivity contribution < 1.29 is 13.9 Å². The molecule has 2 aliphatic carbocycles. The Labute approximate surface area is 228 Å². The summed E-state index contributed by atoms with van der Waals surface area (Å²) >= 11 is 0. The first kappa shape index (κ1) is 25.9. The number of carbonyl (C=O) groups is 1. The number of methoxy groups -OCH3 is 1. The smallest absolute Gasteiger partial charge is 0.251 e. The molecule has 2 heterocycles. The summed E-state index contributed by atoms with van der Waals surface area (Å²) in [6.45, 7) is 2.25. The van der Waals surface area contributed by atoms with Crippen molar-refractivity contribution in [3.63, 3.8) is 0 Å². The van der Waals surface area contributed by atoms with Crippen molar-refractivity contribution >= 4 is 27.8 Å². The van der Waals surface area contributed by atoms with E-state index in [-0.39, 0.29) is 17.8 Å². The quantitative estimate of drug-likeness (QED) is 0.282. The average Bonchev–Trinajstić information content (AvgIpc) is 3.40. The largest absolute Gasteiger partial charge is 0.381 e. The van der Waals surface area contributed by atoms with E-state index in [0.717, 1.165) is 79.1 Å². The predicted molar refractivity (Wildman–Crippen MR) is 151 cm³/mol. The van der Waals surface area contributed by atoms with Crippen LogP contribution < -0.4 is 5.32 Å². The summed E-state index contributed by atoms with van der Waals surface area (Å²) in [7, 11) is 1.76. The highest BCUT2D eigenvalue weighted by atomic mass is 19.1. The maximum atomic E-state index is 14.0. The molecule has 0 aliphatic heterocycles. The molecule has 1 atom stereocenters. The van der Waals surface area contributed by atoms with Crippen LogP contribution in [-0.2, 0) is 4.74 Å². The summed E-state index contributed by atoms with van der Waals surface area (Å²) < 4.78 is 19.4. The lowest BCUT2D eigenvalue weighted by Crippen LogP contribution is -2.38. The predicted octanol–water partition coefficient (Wildman–Crippen LogP) is 7.02. The molecule has 0 radical (unpaired) electrons. The van der Waals surface area contributed by atoms with Gasteiger partial charge in [0.2, 0.25) is 0 Å². The number of imidazole rings is 1. The highest BCUT2D eigenvalue weighted by Gasteiger charge is 2.29. The van der Waals surface area contributed by atoms with Crippen molar-refractivity contribution in [2.45, 2.75) is 82.3 Å². The minimum atomic E-state index is -0.209. The molecule has 204 valence electrons. The van der Waals surface area contributed by atoms with Gasteiger partial charge in [-0.1, -0.05) is 6.92 Å². The van der Waals surface area contributed by atoms with E-state index in [2.05, 4.69) is 28.3 Å². The van der Waals surface area contributed by atoms with Gasteiger partial charge in [-0.15, -0.1) is 0 Å². The van der Waals surface area contributed by atoms with E-state index in [9.17, 15) is 9.18 Å². The SMILES string of the molecule is COC1CCC(NC(=O)c2ccc3nc([C@H](C)[C@H]4CC[C@@H](c5ccnc6ccc(F)cc65)CC4)[nH]c3c2)CC1. The zero-order chi connectivity index (χ0) is 26.9. The zero-order valence-corrected chi connectivity index (χ0v) is 22.8. The summed E-state index contributed by atoms with van der Waals surface area (Å²) in [5.41, 5.74) is 4.55. The first-order valence-corrected chi connectivity index (χ1v) is 14.4. The van der Waals surface area contributed by atoms with E-state index >= 15 is 0 Å². The standard InChI is InChI=1S/C32H37FN4O2/c1-19(20-3-5-21(6-4-20)26-15-16-34-28-14-8-23(33)18-27(26)28)31-36-29-13-7-22(17-30(29)37-31)32(38)35-24-9-11-25(39-2)12-10-24/h7-8,13-21,24-25H,3-6,9-12H2,1-2H3,(H,35,38)(H,36,37)/t19-,20-,21+,24?,25?/m1/s1. The van der Waals surface area contributed by atoms with Crippen LogP contribution in [0.5, 0.6) is 0 Å². The van der Waals surface area contributed by atoms with E-state index in [4.69, 9.17) is 9.72 Å². The van der Waals surface area contributed by atoms with Crippen molar-refractivity contribution in [2.75, 3.05) is 7.11 Å². The van der Waals surface area contributed by atoms with Gasteiger partial charge in [0.1, 0.15) is 11.6 Å². The number of amides is 1. The van der Waals surface area contributed by atoms with Gasteiger partial charge >= 0.3 is 0 Å². The van der Waals surface area contributed by atoms with Crippen LogP contribution in [0, 0.1) is 11.7 Å². The van der Waals surface area contributed by atoms with Gasteiger partial charge in [0.15, 0.2) is 0 Å². The molecule has 2 saturated carbocycles. The number of hydrogen-bond acceptors (Lipinski definition) is 4. The van der Waals surface area contributed by atoms with Gasteiger partial charge < -0.3 is 15.0 Å². The molecular weight excluding hydrogens is 491 g/mol. The number of aromatic amines is 1. The molecule has 2 aromatic heterocycles. The fourth-order valence-corrected chi connectivity index (χ4v) is 6.75. The third-order valence-corrected chi connectivity index (χ3v) is 9.19. The number of fused-ring (bicyclic) bond motifs is 2. The second-order valence-electron chi connectivity index (χ2n) is 11.5. The molecule has 2 aromatic carbocycles. The van der Waals surface area contributed by atoms with Crippen molar-refractivity contribution in [2.24, 2.45) is 5.92 Å². The topological polar surface area (TPSA) is 79.9 Å². The monoisotopic (exact) mass is 528 g/mol. The van der Waals surface area contributed by atoms with E-state index in [1.807, 2.05) is 24.4 Å². The Balaban J connectivity index is 1.10. The summed E-state index contributed by atoms with van der Waals surface area (Å²) in [6, 6.07) is 12.9. The third-order valence-electron chi connectivity index (χ3n) is 9.19. The Morgan fingerprint density at radius 3 is 2.54 bits per heavy atom. The molecule has 0 saturated heterocycles. The Bertz CT molecular complexity index is 1470. The number of carbonyl (C=O) groups excluding carboxylic acids is 1. The number of hydrogen-bond donors (Lipinski definition) is 2. The van der Waals surface area contributed by atoms with E-state index in [1.54, 1.807) is 19.2 Å². The summed E-state index contributed by atoms with van der Waals surface area (Å²) in [4.78, 5) is 25.8. The molecular formula is C32H37FN4O2. The van der Waals surface area contributed by atoms with Crippen LogP contribution in [-0.4, -0.2) is 40.1 Å². The fourth-order valence-electron chi connectivity index (χ4n) is 6.75. The molecule has 2 N–H and O–H groups in total. The fraction of sp³-hybridized carbons (Fsp3) is 0.469. The summed E-state index contributed by atoms with van der Waals surface area (Å²) in [5, 5.41) is 4.14. The molecule has 6 nitrogen and oxygen atoms in total. The number of aromatic nitrogens is 3. The minimum absolute atomic E-state index is 0.0243. The number of benzene rings is 2. The van der Waals surface area contributed by atoms with Crippen LogP contribution in [0.25, 0.3) is 21.9 Å². The minimum Gasteiger partial charge on any atom is -0.381 e. The van der Waals surface area contributed by atoms with Crippen molar-refractivity contribution in [1.29, 1.82) is 0 Å². The zero-order valence-electron chi connectivity index (χ0n) is 22.8. The van der Waals surface area contributed by atoms with Crippen LogP contribution in [0.4, 0.5) is 4.39 Å². The molecule has 2 fully saturated rings. The van der Waals surface area contributed by atoms with E-state index in [0.29, 0.717) is 29.4 Å². The van der Waals surface area contributed by atoms with Gasteiger partial charge in [-0.3, -0.25) is 9.78 Å². The Hall–Kier alpha value is -3.32. The number of nitrogens with zero attached hydrogens (tertiary/aromatic N) is 2. The van der Waals surface area contributed by atoms with Crippen LogP contribution in [0.3, 0.4) is 0 Å². The molecule has 2 aliphatic rings. The normalized spacial score (nSPS) is 24.6. The molecule has 4 aromatic rings. The molecule has 7 heteroatoms. The Kier molecular flexibility index (Phi) is 7.34. The number of ether oxygens (including phenoxy) is 1.